The summed E-state index contributed by atoms with van der Waals surface area (Å²) in [6.07, 6.45) is 0. The number of hydrogen-bond donors (Lipinski definition) is 2. The second kappa shape index (κ2) is 8.72. The maximum Gasteiger partial charge on any atom is 0.251 e. The molecule has 1 fully saturated rings. The Morgan fingerprint density at radius 1 is 1.14 bits per heavy atom. The van der Waals surface area contributed by atoms with Crippen LogP contribution in [0.3, 0.4) is 0 Å². The van der Waals surface area contributed by atoms with Crippen LogP contribution in [0.5, 0.6) is 5.75 Å². The highest BCUT2D eigenvalue weighted by atomic mass is 32.2. The number of carbonyl (C=O) groups is 1. The van der Waals surface area contributed by atoms with Crippen molar-refractivity contribution in [3.05, 3.63) is 59.7 Å². The van der Waals surface area contributed by atoms with Gasteiger partial charge in [0.05, 0.1) is 45.2 Å². The number of carbonyl (C=O) groups excluding carboxylic acids is 1. The monoisotopic (exact) mass is 404 g/mol. The van der Waals surface area contributed by atoms with Gasteiger partial charge in [0.15, 0.2) is 0 Å². The molecule has 8 heteroatoms. The van der Waals surface area contributed by atoms with E-state index in [0.717, 1.165) is 24.4 Å². The Bertz CT molecular complexity index is 921. The normalized spacial score (nSPS) is 15.9. The molecule has 28 heavy (non-hydrogen) atoms. The topological polar surface area (TPSA) is 80.1 Å². The molecule has 0 saturated carbocycles. The van der Waals surface area contributed by atoms with Crippen LogP contribution in [-0.2, 0) is 16.6 Å². The third kappa shape index (κ3) is 4.70. The van der Waals surface area contributed by atoms with Crippen LogP contribution in [0.15, 0.2) is 53.4 Å². The summed E-state index contributed by atoms with van der Waals surface area (Å²) >= 11 is 0. The molecule has 1 amide bonds. The van der Waals surface area contributed by atoms with Crippen LogP contribution in [0.4, 0.5) is 0 Å². The number of sulfonamides is 1. The number of ether oxygens (including phenoxy) is 1. The van der Waals surface area contributed by atoms with Gasteiger partial charge >= 0.3 is 0 Å². The van der Waals surface area contributed by atoms with Gasteiger partial charge in [0.1, 0.15) is 5.75 Å². The predicted octanol–water partition coefficient (Wildman–Crippen LogP) is 0.144. The van der Waals surface area contributed by atoms with Gasteiger partial charge in [-0.25, -0.2) is 8.42 Å². The van der Waals surface area contributed by atoms with Crippen molar-refractivity contribution in [1.82, 2.24) is 9.62 Å². The van der Waals surface area contributed by atoms with E-state index in [-0.39, 0.29) is 10.8 Å². The van der Waals surface area contributed by atoms with Gasteiger partial charge in [-0.2, -0.15) is 4.31 Å². The van der Waals surface area contributed by atoms with Gasteiger partial charge in [-0.15, -0.1) is 0 Å². The van der Waals surface area contributed by atoms with Crippen LogP contribution in [0.1, 0.15) is 15.9 Å². The predicted molar refractivity (Wildman–Crippen MR) is 106 cm³/mol. The molecule has 2 aromatic rings. The van der Waals surface area contributed by atoms with Gasteiger partial charge in [-0.1, -0.05) is 18.2 Å². The average molecular weight is 405 g/mol. The molecule has 3 rings (SSSR count). The van der Waals surface area contributed by atoms with Gasteiger partial charge in [0.2, 0.25) is 10.0 Å². The number of amides is 1. The number of likely N-dealkylation sites (N-methyl/N-ethyl adjacent to an activating group) is 1. The maximum atomic E-state index is 12.9. The smallest absolute Gasteiger partial charge is 0.251 e. The lowest BCUT2D eigenvalue weighted by atomic mass is 10.2. The summed E-state index contributed by atoms with van der Waals surface area (Å²) in [5.74, 6) is 0.439. The summed E-state index contributed by atoms with van der Waals surface area (Å²) < 4.78 is 32.4. The molecule has 1 aliphatic heterocycles. The summed E-state index contributed by atoms with van der Waals surface area (Å²) in [6, 6.07) is 13.6. The van der Waals surface area contributed by atoms with Crippen molar-refractivity contribution in [2.24, 2.45) is 0 Å². The number of hydrogen-bond acceptors (Lipinski definition) is 4. The van der Waals surface area contributed by atoms with Crippen molar-refractivity contribution in [3.63, 3.8) is 0 Å². The van der Waals surface area contributed by atoms with Crippen LogP contribution in [-0.4, -0.2) is 59.0 Å². The summed E-state index contributed by atoms with van der Waals surface area (Å²) in [7, 11) is 0.0615. The first-order valence-electron chi connectivity index (χ1n) is 9.23. The second-order valence-electron chi connectivity index (χ2n) is 6.92. The molecule has 1 aliphatic rings. The second-order valence-corrected chi connectivity index (χ2v) is 8.86. The van der Waals surface area contributed by atoms with E-state index < -0.39 is 10.0 Å². The third-order valence-electron chi connectivity index (χ3n) is 4.92. The van der Waals surface area contributed by atoms with E-state index in [0.29, 0.717) is 25.2 Å². The molecule has 150 valence electrons. The Hall–Kier alpha value is -2.42. The molecular formula is C20H26N3O4S+. The Morgan fingerprint density at radius 3 is 2.46 bits per heavy atom. The summed E-state index contributed by atoms with van der Waals surface area (Å²) in [5.41, 5.74) is 1.26. The quantitative estimate of drug-likeness (QED) is 0.718. The molecule has 0 bridgehead atoms. The lowest BCUT2D eigenvalue weighted by Gasteiger charge is -2.29. The number of methoxy groups -OCH3 is 1. The first kappa shape index (κ1) is 20.3. The molecule has 2 N–H and O–H groups in total. The number of piperazine rings is 1. The largest absolute Gasteiger partial charge is 0.497 e. The number of quaternary nitrogens is 1. The fraction of sp³-hybridized carbons (Fsp3) is 0.350. The number of rotatable bonds is 6. The molecule has 2 aromatic carbocycles. The highest BCUT2D eigenvalue weighted by Gasteiger charge is 2.29. The highest BCUT2D eigenvalue weighted by Crippen LogP contribution is 2.17. The van der Waals surface area contributed by atoms with E-state index in [2.05, 4.69) is 12.4 Å². The van der Waals surface area contributed by atoms with E-state index in [9.17, 15) is 13.2 Å². The van der Waals surface area contributed by atoms with Crippen molar-refractivity contribution in [2.75, 3.05) is 40.3 Å². The zero-order valence-electron chi connectivity index (χ0n) is 16.1. The van der Waals surface area contributed by atoms with E-state index in [1.807, 2.05) is 24.3 Å². The van der Waals surface area contributed by atoms with Gasteiger partial charge in [0.25, 0.3) is 5.91 Å². The van der Waals surface area contributed by atoms with Gasteiger partial charge in [0, 0.05) is 12.1 Å². The molecular weight excluding hydrogens is 378 g/mol. The Labute approximate surface area is 166 Å². The van der Waals surface area contributed by atoms with Crippen molar-refractivity contribution >= 4 is 15.9 Å². The van der Waals surface area contributed by atoms with Crippen molar-refractivity contribution in [3.8, 4) is 5.75 Å². The first-order chi connectivity index (χ1) is 13.4. The molecule has 0 aliphatic carbocycles. The SMILES string of the molecule is COc1ccc(CNC(=O)c2cccc(S(=O)(=O)N3CC[NH+](C)CC3)c2)cc1. The van der Waals surface area contributed by atoms with E-state index >= 15 is 0 Å². The zero-order chi connectivity index (χ0) is 20.1. The van der Waals surface area contributed by atoms with E-state index in [1.165, 1.54) is 15.3 Å². The molecule has 1 heterocycles. The number of nitrogens with one attached hydrogen (secondary N) is 2. The van der Waals surface area contributed by atoms with E-state index in [1.54, 1.807) is 25.3 Å². The fourth-order valence-corrected chi connectivity index (χ4v) is 4.57. The Kier molecular flexibility index (Phi) is 6.33. The minimum absolute atomic E-state index is 0.157. The van der Waals surface area contributed by atoms with Gasteiger partial charge in [-0.3, -0.25) is 4.79 Å². The minimum Gasteiger partial charge on any atom is -0.497 e. The molecule has 1 saturated heterocycles. The lowest BCUT2D eigenvalue weighted by Crippen LogP contribution is -3.12. The van der Waals surface area contributed by atoms with Crippen LogP contribution in [0.2, 0.25) is 0 Å². The van der Waals surface area contributed by atoms with Crippen molar-refractivity contribution in [1.29, 1.82) is 0 Å². The molecule has 0 spiro atoms. The van der Waals surface area contributed by atoms with Crippen LogP contribution < -0.4 is 15.0 Å². The number of benzene rings is 2. The summed E-state index contributed by atoms with van der Waals surface area (Å²) in [5, 5.41) is 2.83. The third-order valence-corrected chi connectivity index (χ3v) is 6.82. The summed E-state index contributed by atoms with van der Waals surface area (Å²) in [6.45, 7) is 2.88. The molecule has 0 radical (unpaired) electrons. The maximum absolute atomic E-state index is 12.9. The highest BCUT2D eigenvalue weighted by molar-refractivity contribution is 7.89. The standard InChI is InChI=1S/C20H25N3O4S/c1-22-10-12-23(13-11-22)28(25,26)19-5-3-4-17(14-19)20(24)21-15-16-6-8-18(27-2)9-7-16/h3-9,14H,10-13,15H2,1-2H3,(H,21,24)/p+1. The first-order valence-corrected chi connectivity index (χ1v) is 10.7. The van der Waals surface area contributed by atoms with Crippen molar-refractivity contribution < 1.29 is 22.8 Å². The molecule has 0 unspecified atom stereocenters. The average Bonchev–Trinajstić information content (AvgIpc) is 2.72. The van der Waals surface area contributed by atoms with Crippen molar-refractivity contribution in [2.45, 2.75) is 11.4 Å². The minimum atomic E-state index is -3.59. The molecule has 0 aromatic heterocycles. The van der Waals surface area contributed by atoms with Gasteiger partial charge in [-0.05, 0) is 35.9 Å². The number of nitrogens with zero attached hydrogens (tertiary/aromatic N) is 1. The van der Waals surface area contributed by atoms with Gasteiger partial charge < -0.3 is 15.0 Å². The summed E-state index contributed by atoms with van der Waals surface area (Å²) in [4.78, 5) is 14.0. The lowest BCUT2D eigenvalue weighted by molar-refractivity contribution is -0.883. The van der Waals surface area contributed by atoms with E-state index in [4.69, 9.17) is 4.74 Å². The van der Waals surface area contributed by atoms with Crippen LogP contribution in [0, 0.1) is 0 Å². The Morgan fingerprint density at radius 2 is 1.82 bits per heavy atom. The zero-order valence-corrected chi connectivity index (χ0v) is 17.0. The molecule has 0 atom stereocenters. The van der Waals surface area contributed by atoms with Crippen LogP contribution >= 0.6 is 0 Å². The van der Waals surface area contributed by atoms with Crippen LogP contribution in [0.25, 0.3) is 0 Å². The molecule has 7 nitrogen and oxygen atoms in total. The fourth-order valence-electron chi connectivity index (χ4n) is 3.08. The Balaban J connectivity index is 1.68.